The molecule has 0 aliphatic heterocycles. The Labute approximate surface area is 305 Å². The van der Waals surface area contributed by atoms with Gasteiger partial charge in [-0.1, -0.05) is 95.8 Å². The minimum absolute atomic E-state index is 0.0147. The van der Waals surface area contributed by atoms with Crippen LogP contribution in [0.15, 0.2) is 95.9 Å². The summed E-state index contributed by atoms with van der Waals surface area (Å²) >= 11 is 18.9. The molecule has 4 aromatic carbocycles. The van der Waals surface area contributed by atoms with Crippen molar-refractivity contribution < 1.29 is 31.2 Å². The normalized spacial score (nSPS) is 13.0. The summed E-state index contributed by atoms with van der Waals surface area (Å²) in [5, 5.41) is 2.63. The first-order valence-electron chi connectivity index (χ1n) is 15.6. The Morgan fingerprint density at radius 1 is 0.860 bits per heavy atom. The number of nitrogens with zero attached hydrogens (tertiary/aromatic N) is 2. The highest BCUT2D eigenvalue weighted by Gasteiger charge is 2.38. The number of carbonyl (C=O) groups is 2. The molecule has 0 aliphatic rings. The van der Waals surface area contributed by atoms with Crippen molar-refractivity contribution in [3.63, 3.8) is 0 Å². The van der Waals surface area contributed by atoms with E-state index < -0.39 is 56.9 Å². The lowest BCUT2D eigenvalue weighted by Gasteiger charge is -2.34. The van der Waals surface area contributed by atoms with E-state index in [9.17, 15) is 31.2 Å². The van der Waals surface area contributed by atoms with Gasteiger partial charge in [-0.2, -0.15) is 13.2 Å². The molecule has 0 saturated heterocycles. The van der Waals surface area contributed by atoms with Gasteiger partial charge in [0.05, 0.1) is 21.2 Å². The monoisotopic (exact) mass is 767 g/mol. The molecular weight excluding hydrogens is 734 g/mol. The Morgan fingerprint density at radius 2 is 1.48 bits per heavy atom. The molecule has 2 amide bonds. The fraction of sp³-hybridized carbons (Fsp3) is 0.278. The van der Waals surface area contributed by atoms with Crippen LogP contribution in [0.4, 0.5) is 18.9 Å². The van der Waals surface area contributed by atoms with E-state index in [0.29, 0.717) is 22.4 Å². The molecule has 0 aliphatic carbocycles. The molecule has 2 atom stereocenters. The van der Waals surface area contributed by atoms with E-state index in [0.717, 1.165) is 22.6 Å². The van der Waals surface area contributed by atoms with Gasteiger partial charge in [0.1, 0.15) is 12.6 Å². The predicted octanol–water partition coefficient (Wildman–Crippen LogP) is 8.72. The largest absolute Gasteiger partial charge is 0.417 e. The minimum atomic E-state index is -4.93. The third-order valence-corrected chi connectivity index (χ3v) is 10.9. The molecule has 0 aromatic heterocycles. The second-order valence-electron chi connectivity index (χ2n) is 11.7. The molecule has 0 spiro atoms. The van der Waals surface area contributed by atoms with E-state index in [1.54, 1.807) is 62.4 Å². The summed E-state index contributed by atoms with van der Waals surface area (Å²) in [6.45, 7) is 4.10. The van der Waals surface area contributed by atoms with Crippen LogP contribution in [0.2, 0.25) is 15.1 Å². The second kappa shape index (κ2) is 16.5. The van der Waals surface area contributed by atoms with E-state index in [-0.39, 0.29) is 39.5 Å². The highest BCUT2D eigenvalue weighted by Crippen LogP contribution is 2.38. The Morgan fingerprint density at radius 3 is 2.06 bits per heavy atom. The Balaban J connectivity index is 1.90. The number of amides is 2. The Hall–Kier alpha value is -3.77. The molecule has 0 bridgehead atoms. The van der Waals surface area contributed by atoms with Gasteiger partial charge >= 0.3 is 6.18 Å². The number of sulfonamides is 1. The molecule has 0 heterocycles. The van der Waals surface area contributed by atoms with Gasteiger partial charge in [-0.05, 0) is 68.3 Å². The molecule has 50 heavy (non-hydrogen) atoms. The molecule has 0 fully saturated rings. The topological polar surface area (TPSA) is 86.8 Å². The number of alkyl halides is 3. The zero-order chi connectivity index (χ0) is 36.8. The third-order valence-electron chi connectivity index (χ3n) is 8.09. The average molecular weight is 769 g/mol. The summed E-state index contributed by atoms with van der Waals surface area (Å²) in [6, 6.07) is 20.3. The minimum Gasteiger partial charge on any atom is -0.352 e. The third kappa shape index (κ3) is 9.51. The van der Waals surface area contributed by atoms with Crippen molar-refractivity contribution in [2.45, 2.75) is 63.3 Å². The maximum Gasteiger partial charge on any atom is 0.417 e. The number of hydrogen-bond donors (Lipinski definition) is 1. The summed E-state index contributed by atoms with van der Waals surface area (Å²) in [6.07, 6.45) is -4.34. The average Bonchev–Trinajstić information content (AvgIpc) is 3.06. The van der Waals surface area contributed by atoms with Gasteiger partial charge in [-0.25, -0.2) is 8.42 Å². The first-order valence-corrected chi connectivity index (χ1v) is 18.1. The number of halogens is 6. The lowest BCUT2D eigenvalue weighted by atomic mass is 10.0. The molecule has 14 heteroatoms. The van der Waals surface area contributed by atoms with Gasteiger partial charge in [-0.15, -0.1) is 0 Å². The molecule has 4 rings (SSSR count). The summed E-state index contributed by atoms with van der Waals surface area (Å²) in [5.41, 5.74) is -0.0389. The molecule has 7 nitrogen and oxygen atoms in total. The van der Waals surface area contributed by atoms with Gasteiger partial charge in [0.15, 0.2) is 0 Å². The van der Waals surface area contributed by atoms with E-state index in [4.69, 9.17) is 34.8 Å². The van der Waals surface area contributed by atoms with Crippen LogP contribution in [0.1, 0.15) is 42.5 Å². The maximum absolute atomic E-state index is 14.6. The lowest BCUT2D eigenvalue weighted by molar-refractivity contribution is -0.140. The predicted molar refractivity (Wildman–Crippen MR) is 191 cm³/mol. The van der Waals surface area contributed by atoms with E-state index in [1.165, 1.54) is 24.3 Å². The summed E-state index contributed by atoms with van der Waals surface area (Å²) in [7, 11) is -4.67. The van der Waals surface area contributed by atoms with Crippen LogP contribution in [-0.2, 0) is 38.8 Å². The van der Waals surface area contributed by atoms with Crippen molar-refractivity contribution in [3.8, 4) is 0 Å². The van der Waals surface area contributed by atoms with Crippen LogP contribution in [0.3, 0.4) is 0 Å². The molecule has 0 radical (unpaired) electrons. The van der Waals surface area contributed by atoms with Crippen LogP contribution in [-0.4, -0.2) is 43.8 Å². The number of benzene rings is 4. The van der Waals surface area contributed by atoms with Crippen molar-refractivity contribution in [2.75, 3.05) is 10.8 Å². The summed E-state index contributed by atoms with van der Waals surface area (Å²) in [5.74, 6) is -1.43. The van der Waals surface area contributed by atoms with Crippen LogP contribution in [0.5, 0.6) is 0 Å². The molecule has 0 saturated carbocycles. The molecular formula is C36H35Cl3F3N3O4S. The van der Waals surface area contributed by atoms with Crippen LogP contribution < -0.4 is 9.62 Å². The highest BCUT2D eigenvalue weighted by molar-refractivity contribution is 7.92. The maximum atomic E-state index is 14.6. The van der Waals surface area contributed by atoms with Gasteiger partial charge in [0, 0.05) is 34.6 Å². The van der Waals surface area contributed by atoms with Crippen molar-refractivity contribution in [1.29, 1.82) is 0 Å². The van der Waals surface area contributed by atoms with E-state index in [2.05, 4.69) is 5.32 Å². The summed E-state index contributed by atoms with van der Waals surface area (Å²) in [4.78, 5) is 29.5. The molecule has 0 unspecified atom stereocenters. The number of rotatable bonds is 13. The lowest BCUT2D eigenvalue weighted by Crippen LogP contribution is -2.54. The standard InChI is InChI=1S/C36H35Cl3F3N3O4S/c1-4-24(3)43-35(47)33(19-25-9-6-5-7-10-25)44(21-28-30(37)11-8-12-31(28)38)34(46)22-45(50(48,49)27-16-13-23(2)14-17-27)26-15-18-32(39)29(20-26)36(40,41)42/h5-18,20,24,33H,4,19,21-22H2,1-3H3,(H,43,47)/t24-,33-/m0/s1. The van der Waals surface area contributed by atoms with Gasteiger partial charge in [-0.3, -0.25) is 13.9 Å². The smallest absolute Gasteiger partial charge is 0.352 e. The van der Waals surface area contributed by atoms with Crippen molar-refractivity contribution in [3.05, 3.63) is 128 Å². The van der Waals surface area contributed by atoms with Gasteiger partial charge < -0.3 is 10.2 Å². The van der Waals surface area contributed by atoms with Crippen molar-refractivity contribution in [1.82, 2.24) is 10.2 Å². The zero-order valence-corrected chi connectivity index (χ0v) is 30.4. The zero-order valence-electron chi connectivity index (χ0n) is 27.3. The molecule has 1 N–H and O–H groups in total. The van der Waals surface area contributed by atoms with E-state index >= 15 is 0 Å². The van der Waals surface area contributed by atoms with Gasteiger partial charge in [0.25, 0.3) is 10.0 Å². The van der Waals surface area contributed by atoms with Gasteiger partial charge in [0.2, 0.25) is 11.8 Å². The number of aryl methyl sites for hydroxylation is 1. The summed E-state index contributed by atoms with van der Waals surface area (Å²) < 4.78 is 71.0. The first kappa shape index (κ1) is 39.0. The SMILES string of the molecule is CC[C@H](C)NC(=O)[C@H](Cc1ccccc1)N(Cc1c(Cl)cccc1Cl)C(=O)CN(c1ccc(Cl)c(C(F)(F)F)c1)S(=O)(=O)c1ccc(C)cc1. The Kier molecular flexibility index (Phi) is 12.9. The number of anilines is 1. The fourth-order valence-electron chi connectivity index (χ4n) is 5.10. The van der Waals surface area contributed by atoms with Crippen LogP contribution >= 0.6 is 34.8 Å². The number of hydrogen-bond acceptors (Lipinski definition) is 4. The van der Waals surface area contributed by atoms with Crippen LogP contribution in [0, 0.1) is 6.92 Å². The van der Waals surface area contributed by atoms with Crippen LogP contribution in [0.25, 0.3) is 0 Å². The fourth-order valence-corrected chi connectivity index (χ4v) is 7.25. The first-order chi connectivity index (χ1) is 23.5. The van der Waals surface area contributed by atoms with Crippen molar-refractivity contribution >= 4 is 62.3 Å². The highest BCUT2D eigenvalue weighted by atomic mass is 35.5. The second-order valence-corrected chi connectivity index (χ2v) is 14.8. The number of carbonyl (C=O) groups excluding carboxylic acids is 2. The Bertz CT molecular complexity index is 1910. The molecule has 4 aromatic rings. The number of nitrogens with one attached hydrogen (secondary N) is 1. The molecule has 266 valence electrons. The quantitative estimate of drug-likeness (QED) is 0.148. The van der Waals surface area contributed by atoms with Crippen molar-refractivity contribution in [2.24, 2.45) is 0 Å². The van der Waals surface area contributed by atoms with E-state index in [1.807, 2.05) is 6.92 Å².